The fourth-order valence-corrected chi connectivity index (χ4v) is 3.23. The van der Waals surface area contributed by atoms with Crippen LogP contribution in [-0.4, -0.2) is 66.8 Å². The van der Waals surface area contributed by atoms with E-state index in [9.17, 15) is 14.3 Å². The summed E-state index contributed by atoms with van der Waals surface area (Å²) >= 11 is 0. The number of aryl methyl sites for hydroxylation is 1. The summed E-state index contributed by atoms with van der Waals surface area (Å²) in [5.41, 5.74) is 1.54. The quantitative estimate of drug-likeness (QED) is 0.801. The van der Waals surface area contributed by atoms with Crippen LogP contribution in [0.15, 0.2) is 18.2 Å². The lowest BCUT2D eigenvalue weighted by molar-refractivity contribution is -0.141. The minimum Gasteiger partial charge on any atom is -0.469 e. The predicted octanol–water partition coefficient (Wildman–Crippen LogP) is 1.74. The minimum atomic E-state index is -0.630. The van der Waals surface area contributed by atoms with Crippen molar-refractivity contribution in [3.8, 4) is 0 Å². The second kappa shape index (κ2) is 8.55. The Morgan fingerprint density at radius 1 is 1.46 bits per heavy atom. The molecule has 2 unspecified atom stereocenters. The monoisotopic (exact) mass is 338 g/mol. The molecule has 24 heavy (non-hydrogen) atoms. The molecule has 1 aliphatic heterocycles. The highest BCUT2D eigenvalue weighted by atomic mass is 19.1. The number of ether oxygens (including phenoxy) is 1. The summed E-state index contributed by atoms with van der Waals surface area (Å²) < 4.78 is 17.9. The van der Waals surface area contributed by atoms with E-state index in [2.05, 4.69) is 21.5 Å². The van der Waals surface area contributed by atoms with E-state index in [0.29, 0.717) is 19.5 Å². The van der Waals surface area contributed by atoms with E-state index in [1.165, 1.54) is 19.2 Å². The standard InChI is InChI=1S/C18H27FN2O3/c1-13-10-15(19)4-5-16(13)17(22)12-21-9-8-20(11-14(21)2)7-6-18(23)24-3/h4-5,10,14,17,22H,6-9,11-12H2,1-3H3. The minimum absolute atomic E-state index is 0.188. The maximum absolute atomic E-state index is 13.2. The van der Waals surface area contributed by atoms with Gasteiger partial charge in [0.15, 0.2) is 0 Å². The number of benzene rings is 1. The number of methoxy groups -OCH3 is 1. The highest BCUT2D eigenvalue weighted by Crippen LogP contribution is 2.21. The molecule has 0 amide bonds. The van der Waals surface area contributed by atoms with Crippen molar-refractivity contribution in [1.29, 1.82) is 0 Å². The third-order valence-corrected chi connectivity index (χ3v) is 4.71. The number of hydrogen-bond acceptors (Lipinski definition) is 5. The fraction of sp³-hybridized carbons (Fsp3) is 0.611. The molecule has 0 saturated carbocycles. The number of carbonyl (C=O) groups excluding carboxylic acids is 1. The van der Waals surface area contributed by atoms with Gasteiger partial charge in [-0.05, 0) is 37.1 Å². The van der Waals surface area contributed by atoms with Crippen LogP contribution in [0.25, 0.3) is 0 Å². The second-order valence-electron chi connectivity index (χ2n) is 6.49. The molecule has 1 N–H and O–H groups in total. The molecule has 0 radical (unpaired) electrons. The van der Waals surface area contributed by atoms with E-state index < -0.39 is 6.10 Å². The average molecular weight is 338 g/mol. The molecule has 2 rings (SSSR count). The van der Waals surface area contributed by atoms with Crippen LogP contribution in [0, 0.1) is 12.7 Å². The summed E-state index contributed by atoms with van der Waals surface area (Å²) in [6.07, 6.45) is -0.227. The summed E-state index contributed by atoms with van der Waals surface area (Å²) in [7, 11) is 1.40. The van der Waals surface area contributed by atoms with E-state index in [1.807, 2.05) is 6.92 Å². The Kier molecular flexibility index (Phi) is 6.71. The first kappa shape index (κ1) is 18.8. The molecule has 134 valence electrons. The van der Waals surface area contributed by atoms with Gasteiger partial charge in [-0.25, -0.2) is 4.39 Å². The number of esters is 1. The number of aliphatic hydroxyl groups is 1. The SMILES string of the molecule is COC(=O)CCN1CCN(CC(O)c2ccc(F)cc2C)C(C)C1. The zero-order valence-corrected chi connectivity index (χ0v) is 14.7. The molecule has 2 atom stereocenters. The van der Waals surface area contributed by atoms with E-state index in [1.54, 1.807) is 6.07 Å². The first-order valence-corrected chi connectivity index (χ1v) is 8.38. The van der Waals surface area contributed by atoms with Gasteiger partial charge in [0.1, 0.15) is 5.82 Å². The second-order valence-corrected chi connectivity index (χ2v) is 6.49. The van der Waals surface area contributed by atoms with Crippen molar-refractivity contribution in [3.63, 3.8) is 0 Å². The number of β-amino-alcohol motifs (C(OH)–C–C–N with tert-alkyl or cyclic N) is 1. The molecular formula is C18H27FN2O3. The van der Waals surface area contributed by atoms with Gasteiger partial charge in [0.25, 0.3) is 0 Å². The Bertz CT molecular complexity index is 567. The molecule has 0 aromatic heterocycles. The van der Waals surface area contributed by atoms with Crippen LogP contribution in [0.2, 0.25) is 0 Å². The topological polar surface area (TPSA) is 53.0 Å². The molecule has 1 saturated heterocycles. The third-order valence-electron chi connectivity index (χ3n) is 4.71. The van der Waals surface area contributed by atoms with Gasteiger partial charge in [-0.15, -0.1) is 0 Å². The molecule has 5 nitrogen and oxygen atoms in total. The van der Waals surface area contributed by atoms with Gasteiger partial charge in [-0.3, -0.25) is 14.6 Å². The van der Waals surface area contributed by atoms with E-state index in [0.717, 1.165) is 30.8 Å². The lowest BCUT2D eigenvalue weighted by Gasteiger charge is -2.40. The molecular weight excluding hydrogens is 311 g/mol. The van der Waals surface area contributed by atoms with Crippen LogP contribution in [-0.2, 0) is 9.53 Å². The maximum atomic E-state index is 13.2. The molecule has 1 aromatic carbocycles. The van der Waals surface area contributed by atoms with Crippen molar-refractivity contribution in [2.45, 2.75) is 32.4 Å². The van der Waals surface area contributed by atoms with Crippen LogP contribution in [0.1, 0.15) is 30.6 Å². The number of carbonyl (C=O) groups is 1. The third kappa shape index (κ3) is 5.00. The number of nitrogens with zero attached hydrogens (tertiary/aromatic N) is 2. The van der Waals surface area contributed by atoms with Crippen LogP contribution in [0.4, 0.5) is 4.39 Å². The van der Waals surface area contributed by atoms with Crippen molar-refractivity contribution >= 4 is 5.97 Å². The Morgan fingerprint density at radius 3 is 2.83 bits per heavy atom. The Balaban J connectivity index is 1.87. The van der Waals surface area contributed by atoms with Gasteiger partial charge >= 0.3 is 5.97 Å². The predicted molar refractivity (Wildman–Crippen MR) is 90.2 cm³/mol. The van der Waals surface area contributed by atoms with Crippen molar-refractivity contribution in [2.75, 3.05) is 39.8 Å². The van der Waals surface area contributed by atoms with Crippen molar-refractivity contribution in [1.82, 2.24) is 9.80 Å². The number of halogens is 1. The molecule has 0 spiro atoms. The first-order chi connectivity index (χ1) is 11.4. The fourth-order valence-electron chi connectivity index (χ4n) is 3.23. The molecule has 1 aromatic rings. The van der Waals surface area contributed by atoms with E-state index >= 15 is 0 Å². The summed E-state index contributed by atoms with van der Waals surface area (Å²) in [6.45, 7) is 7.70. The molecule has 1 heterocycles. The van der Waals surface area contributed by atoms with Gasteiger partial charge in [0, 0.05) is 38.8 Å². The van der Waals surface area contributed by atoms with Gasteiger partial charge < -0.3 is 9.84 Å². The lowest BCUT2D eigenvalue weighted by Crippen LogP contribution is -2.53. The van der Waals surface area contributed by atoms with Crippen molar-refractivity contribution in [3.05, 3.63) is 35.1 Å². The van der Waals surface area contributed by atoms with E-state index in [-0.39, 0.29) is 17.8 Å². The summed E-state index contributed by atoms with van der Waals surface area (Å²) in [6, 6.07) is 4.78. The van der Waals surface area contributed by atoms with Gasteiger partial charge in [0.05, 0.1) is 19.6 Å². The number of aliphatic hydroxyl groups excluding tert-OH is 1. The lowest BCUT2D eigenvalue weighted by atomic mass is 10.0. The maximum Gasteiger partial charge on any atom is 0.306 e. The van der Waals surface area contributed by atoms with Crippen LogP contribution in [0.3, 0.4) is 0 Å². The molecule has 1 fully saturated rings. The largest absolute Gasteiger partial charge is 0.469 e. The zero-order chi connectivity index (χ0) is 17.7. The summed E-state index contributed by atoms with van der Waals surface area (Å²) in [5, 5.41) is 10.5. The highest BCUT2D eigenvalue weighted by Gasteiger charge is 2.26. The Hall–Kier alpha value is -1.50. The van der Waals surface area contributed by atoms with Crippen molar-refractivity contribution < 1.29 is 19.0 Å². The Morgan fingerprint density at radius 2 is 2.21 bits per heavy atom. The van der Waals surface area contributed by atoms with Crippen LogP contribution < -0.4 is 0 Å². The summed E-state index contributed by atoms with van der Waals surface area (Å²) in [5.74, 6) is -0.469. The summed E-state index contributed by atoms with van der Waals surface area (Å²) in [4.78, 5) is 15.7. The molecule has 1 aliphatic rings. The number of rotatable bonds is 6. The molecule has 0 aliphatic carbocycles. The average Bonchev–Trinajstić information content (AvgIpc) is 2.54. The number of hydrogen-bond donors (Lipinski definition) is 1. The van der Waals surface area contributed by atoms with Gasteiger partial charge in [0.2, 0.25) is 0 Å². The molecule has 0 bridgehead atoms. The van der Waals surface area contributed by atoms with Crippen LogP contribution in [0.5, 0.6) is 0 Å². The first-order valence-electron chi connectivity index (χ1n) is 8.38. The normalized spacial score (nSPS) is 20.8. The van der Waals surface area contributed by atoms with Gasteiger partial charge in [-0.2, -0.15) is 0 Å². The Labute approximate surface area is 143 Å². The van der Waals surface area contributed by atoms with Crippen molar-refractivity contribution in [2.24, 2.45) is 0 Å². The highest BCUT2D eigenvalue weighted by molar-refractivity contribution is 5.69. The van der Waals surface area contributed by atoms with E-state index in [4.69, 9.17) is 0 Å². The van der Waals surface area contributed by atoms with Gasteiger partial charge in [-0.1, -0.05) is 6.07 Å². The van der Waals surface area contributed by atoms with Crippen LogP contribution >= 0.6 is 0 Å². The number of piperazine rings is 1. The smallest absolute Gasteiger partial charge is 0.306 e. The molecule has 6 heteroatoms. The zero-order valence-electron chi connectivity index (χ0n) is 14.7.